The Morgan fingerprint density at radius 3 is 1.95 bits per heavy atom. The third-order valence-electron chi connectivity index (χ3n) is 7.03. The van der Waals surface area contributed by atoms with Crippen molar-refractivity contribution in [2.45, 2.75) is 18.6 Å². The lowest BCUT2D eigenvalue weighted by atomic mass is 10.0. The van der Waals surface area contributed by atoms with Crippen LogP contribution in [-0.2, 0) is 33.2 Å². The van der Waals surface area contributed by atoms with Gasteiger partial charge in [-0.05, 0) is 24.1 Å². The molecule has 42 heavy (non-hydrogen) atoms. The molecule has 10 heteroatoms. The minimum atomic E-state index is -0.0133. The Balaban J connectivity index is 1.34. The summed E-state index contributed by atoms with van der Waals surface area (Å²) in [5.41, 5.74) is 2.21. The first-order valence-electron chi connectivity index (χ1n) is 14.9. The molecule has 2 atom stereocenters. The highest BCUT2D eigenvalue weighted by molar-refractivity contribution is 5.81. The van der Waals surface area contributed by atoms with E-state index in [0.29, 0.717) is 66.1 Å². The van der Waals surface area contributed by atoms with Gasteiger partial charge >= 0.3 is 0 Å². The summed E-state index contributed by atoms with van der Waals surface area (Å²) in [7, 11) is 3.33. The molecule has 1 fully saturated rings. The number of nitrogens with one attached hydrogen (secondary N) is 1. The largest absolute Gasteiger partial charge is 0.382 e. The molecule has 0 radical (unpaired) electrons. The van der Waals surface area contributed by atoms with Crippen molar-refractivity contribution < 1.29 is 33.2 Å². The van der Waals surface area contributed by atoms with E-state index in [9.17, 15) is 4.79 Å². The Morgan fingerprint density at radius 2 is 1.38 bits per heavy atom. The van der Waals surface area contributed by atoms with E-state index in [2.05, 4.69) is 51.5 Å². The maximum Gasteiger partial charge on any atom is 0.239 e. The highest BCUT2D eigenvalue weighted by Crippen LogP contribution is 2.29. The highest BCUT2D eigenvalue weighted by Gasteiger charge is 2.29. The Kier molecular flexibility index (Phi) is 17.1. The molecule has 0 saturated carbocycles. The molecular weight excluding hydrogens is 538 g/mol. The lowest BCUT2D eigenvalue weighted by molar-refractivity contribution is -0.119. The number of benzene rings is 2. The minimum Gasteiger partial charge on any atom is -0.382 e. The molecular formula is C32H49N3O7. The lowest BCUT2D eigenvalue weighted by Crippen LogP contribution is -2.43. The van der Waals surface area contributed by atoms with E-state index in [1.54, 1.807) is 14.2 Å². The molecule has 2 aromatic carbocycles. The standard InChI is InChI=1S/C32H49N3O7/c1-33-32(36)27-35(29-11-7-4-8-12-29)31(28-9-5-3-6-10-28)26-34-14-13-30(25-34)42-24-23-41-22-21-40-20-19-39-18-17-38-16-15-37-2/h3-12,30-31H,13-27H2,1-2H3,(H,33,36)/t30-,31-/m0/s1. The van der Waals surface area contributed by atoms with Gasteiger partial charge in [0.15, 0.2) is 0 Å². The van der Waals surface area contributed by atoms with E-state index >= 15 is 0 Å². The maximum atomic E-state index is 12.5. The van der Waals surface area contributed by atoms with Crippen molar-refractivity contribution in [1.29, 1.82) is 0 Å². The Bertz CT molecular complexity index is 954. The molecule has 0 aliphatic carbocycles. The van der Waals surface area contributed by atoms with Crippen LogP contribution in [0.1, 0.15) is 18.0 Å². The van der Waals surface area contributed by atoms with E-state index < -0.39 is 0 Å². The molecule has 3 rings (SSSR count). The van der Waals surface area contributed by atoms with Gasteiger partial charge in [-0.1, -0.05) is 48.5 Å². The minimum absolute atomic E-state index is 0.0133. The van der Waals surface area contributed by atoms with Gasteiger partial charge in [0.2, 0.25) is 5.91 Å². The third kappa shape index (κ3) is 13.2. The van der Waals surface area contributed by atoms with Crippen molar-refractivity contribution in [3.63, 3.8) is 0 Å². The molecule has 1 saturated heterocycles. The summed E-state index contributed by atoms with van der Waals surface area (Å²) in [5.74, 6) is -0.0133. The lowest BCUT2D eigenvalue weighted by Gasteiger charge is -2.36. The van der Waals surface area contributed by atoms with Gasteiger partial charge in [0.05, 0.1) is 84.8 Å². The fourth-order valence-corrected chi connectivity index (χ4v) is 4.82. The number of amides is 1. The molecule has 1 amide bonds. The number of methoxy groups -OCH3 is 1. The molecule has 2 aromatic rings. The second-order valence-electron chi connectivity index (χ2n) is 10.0. The summed E-state index contributed by atoms with van der Waals surface area (Å²) in [6.07, 6.45) is 1.14. The molecule has 0 aromatic heterocycles. The van der Waals surface area contributed by atoms with E-state index in [1.807, 2.05) is 24.3 Å². The third-order valence-corrected chi connectivity index (χ3v) is 7.03. The molecule has 234 valence electrons. The molecule has 0 bridgehead atoms. The highest BCUT2D eigenvalue weighted by atomic mass is 16.6. The Hall–Kier alpha value is -2.57. The molecule has 1 heterocycles. The van der Waals surface area contributed by atoms with Crippen molar-refractivity contribution in [3.05, 3.63) is 66.2 Å². The van der Waals surface area contributed by atoms with E-state index in [4.69, 9.17) is 28.4 Å². The van der Waals surface area contributed by atoms with Gasteiger partial charge in [0.25, 0.3) is 0 Å². The summed E-state index contributed by atoms with van der Waals surface area (Å²) in [6, 6.07) is 20.6. The Labute approximate surface area is 251 Å². The molecule has 10 nitrogen and oxygen atoms in total. The quantitative estimate of drug-likeness (QED) is 0.197. The van der Waals surface area contributed by atoms with Crippen LogP contribution in [0.2, 0.25) is 0 Å². The average Bonchev–Trinajstić information content (AvgIpc) is 3.48. The summed E-state index contributed by atoms with van der Waals surface area (Å²) in [5, 5.41) is 2.79. The van der Waals surface area contributed by atoms with Crippen molar-refractivity contribution >= 4 is 11.6 Å². The number of hydrogen-bond donors (Lipinski definition) is 1. The molecule has 1 aliphatic heterocycles. The number of para-hydroxylation sites is 1. The zero-order chi connectivity index (χ0) is 29.7. The summed E-state index contributed by atoms with van der Waals surface area (Å²) >= 11 is 0. The number of anilines is 1. The van der Waals surface area contributed by atoms with E-state index in [0.717, 1.165) is 31.7 Å². The van der Waals surface area contributed by atoms with Crippen LogP contribution in [0.5, 0.6) is 0 Å². The van der Waals surface area contributed by atoms with Gasteiger partial charge < -0.3 is 38.6 Å². The summed E-state index contributed by atoms with van der Waals surface area (Å²) in [4.78, 5) is 17.2. The predicted octanol–water partition coefficient (Wildman–Crippen LogP) is 2.78. The van der Waals surface area contributed by atoms with Crippen LogP contribution in [0.3, 0.4) is 0 Å². The maximum absolute atomic E-state index is 12.5. The van der Waals surface area contributed by atoms with Crippen LogP contribution in [0.15, 0.2) is 60.7 Å². The summed E-state index contributed by atoms with van der Waals surface area (Å²) < 4.78 is 33.1. The van der Waals surface area contributed by atoms with Gasteiger partial charge in [0.1, 0.15) is 0 Å². The number of carbonyl (C=O) groups excluding carboxylic acids is 1. The van der Waals surface area contributed by atoms with Gasteiger partial charge in [0, 0.05) is 39.5 Å². The van der Waals surface area contributed by atoms with Crippen LogP contribution in [-0.4, -0.2) is 123 Å². The average molecular weight is 588 g/mol. The van der Waals surface area contributed by atoms with Crippen molar-refractivity contribution in [3.8, 4) is 0 Å². The van der Waals surface area contributed by atoms with Crippen LogP contribution in [0, 0.1) is 0 Å². The number of nitrogens with zero attached hydrogens (tertiary/aromatic N) is 2. The Morgan fingerprint density at radius 1 is 0.833 bits per heavy atom. The smallest absolute Gasteiger partial charge is 0.239 e. The van der Waals surface area contributed by atoms with Crippen LogP contribution in [0.4, 0.5) is 5.69 Å². The van der Waals surface area contributed by atoms with Crippen molar-refractivity contribution in [2.75, 3.05) is 111 Å². The fraction of sp³-hybridized carbons (Fsp3) is 0.594. The zero-order valence-corrected chi connectivity index (χ0v) is 25.3. The SMILES string of the molecule is CNC(=O)CN(c1ccccc1)[C@@H](CN1CC[C@H](OCCOCCOCCOCCOCCOC)C1)c1ccccc1. The first-order valence-corrected chi connectivity index (χ1v) is 14.9. The van der Waals surface area contributed by atoms with Crippen LogP contribution < -0.4 is 10.2 Å². The first-order chi connectivity index (χ1) is 20.7. The number of likely N-dealkylation sites (tertiary alicyclic amines) is 1. The summed E-state index contributed by atoms with van der Waals surface area (Å²) in [6.45, 7) is 8.39. The molecule has 0 spiro atoms. The molecule has 0 unspecified atom stereocenters. The first kappa shape index (κ1) is 33.9. The van der Waals surface area contributed by atoms with Crippen molar-refractivity contribution in [2.24, 2.45) is 0 Å². The fourth-order valence-electron chi connectivity index (χ4n) is 4.82. The van der Waals surface area contributed by atoms with Gasteiger partial charge in [-0.25, -0.2) is 0 Å². The predicted molar refractivity (Wildman–Crippen MR) is 163 cm³/mol. The number of likely N-dealkylation sites (N-methyl/N-ethyl adjacent to an activating group) is 1. The zero-order valence-electron chi connectivity index (χ0n) is 25.3. The van der Waals surface area contributed by atoms with Gasteiger partial charge in [-0.2, -0.15) is 0 Å². The van der Waals surface area contributed by atoms with E-state index in [-0.39, 0.29) is 24.6 Å². The number of ether oxygens (including phenoxy) is 6. The molecule has 1 N–H and O–H groups in total. The van der Waals surface area contributed by atoms with Gasteiger partial charge in [-0.15, -0.1) is 0 Å². The number of hydrogen-bond acceptors (Lipinski definition) is 9. The van der Waals surface area contributed by atoms with E-state index in [1.165, 1.54) is 5.56 Å². The van der Waals surface area contributed by atoms with Crippen LogP contribution in [0.25, 0.3) is 0 Å². The topological polar surface area (TPSA) is 91.0 Å². The van der Waals surface area contributed by atoms with Gasteiger partial charge in [-0.3, -0.25) is 9.69 Å². The number of rotatable bonds is 23. The van der Waals surface area contributed by atoms with Crippen molar-refractivity contribution in [1.82, 2.24) is 10.2 Å². The van der Waals surface area contributed by atoms with Crippen LogP contribution >= 0.6 is 0 Å². The monoisotopic (exact) mass is 587 g/mol. The molecule has 1 aliphatic rings. The number of carbonyl (C=O) groups is 1. The normalized spacial score (nSPS) is 16.0. The second kappa shape index (κ2) is 21.2. The second-order valence-corrected chi connectivity index (χ2v) is 10.0.